The Morgan fingerprint density at radius 2 is 0.923 bits per heavy atom. The number of hydrogen-bond donors (Lipinski definition) is 0. The molecule has 6 nitrogen and oxygen atoms in total. The van der Waals surface area contributed by atoms with E-state index in [1.54, 1.807) is 0 Å². The van der Waals surface area contributed by atoms with Crippen molar-refractivity contribution in [2.45, 2.75) is 6.92 Å². The fraction of sp³-hybridized carbons (Fsp3) is 0.0169. The SMILES string of the molecule is [C-]#[N+]c1ccc(-c2ccc3c(c2)c2ccccc2n3-c2cccc(C#N)c2-c2c(-c3ccc(C#N)cc3C)cccc2-n2c3ccccc3c3cc(-c4ccc(C#N)cc4)ccc32)cc1. The summed E-state index contributed by atoms with van der Waals surface area (Å²) in [6.45, 7) is 9.49. The van der Waals surface area contributed by atoms with E-state index in [-0.39, 0.29) is 0 Å². The van der Waals surface area contributed by atoms with Crippen LogP contribution in [0.5, 0.6) is 0 Å². The number of nitrogens with zero attached hydrogens (tertiary/aromatic N) is 6. The number of fused-ring (bicyclic) bond motifs is 6. The lowest BCUT2D eigenvalue weighted by Gasteiger charge is -2.23. The number of hydrogen-bond acceptors (Lipinski definition) is 3. The summed E-state index contributed by atoms with van der Waals surface area (Å²) in [7, 11) is 0. The van der Waals surface area contributed by atoms with Gasteiger partial charge in [-0.05, 0) is 125 Å². The highest BCUT2D eigenvalue weighted by Gasteiger charge is 2.26. The molecule has 0 saturated carbocycles. The zero-order valence-electron chi connectivity index (χ0n) is 35.1. The molecule has 0 aliphatic carbocycles. The molecule has 0 amide bonds. The van der Waals surface area contributed by atoms with E-state index in [9.17, 15) is 15.8 Å². The van der Waals surface area contributed by atoms with Crippen molar-refractivity contribution < 1.29 is 0 Å². The van der Waals surface area contributed by atoms with E-state index in [1.807, 2.05) is 85.8 Å². The third kappa shape index (κ3) is 6.22. The molecule has 0 aliphatic rings. The van der Waals surface area contributed by atoms with Crippen molar-refractivity contribution in [3.63, 3.8) is 0 Å². The maximum atomic E-state index is 11.2. The van der Waals surface area contributed by atoms with Crippen LogP contribution in [0.1, 0.15) is 22.3 Å². The van der Waals surface area contributed by atoms with Gasteiger partial charge in [0.05, 0.1) is 74.9 Å². The fourth-order valence-electron chi connectivity index (χ4n) is 9.62. The second-order valence-electron chi connectivity index (χ2n) is 16.2. The van der Waals surface area contributed by atoms with Crippen molar-refractivity contribution in [3.05, 3.63) is 222 Å². The third-order valence-electron chi connectivity index (χ3n) is 12.6. The van der Waals surface area contributed by atoms with Crippen LogP contribution in [0.15, 0.2) is 188 Å². The number of para-hydroxylation sites is 2. The average molecular weight is 827 g/mol. The van der Waals surface area contributed by atoms with Crippen molar-refractivity contribution in [1.82, 2.24) is 9.13 Å². The van der Waals surface area contributed by atoms with Gasteiger partial charge in [0, 0.05) is 32.7 Å². The van der Waals surface area contributed by atoms with Gasteiger partial charge in [0.25, 0.3) is 0 Å². The molecule has 0 aliphatic heterocycles. The van der Waals surface area contributed by atoms with Gasteiger partial charge in [0.1, 0.15) is 0 Å². The lowest BCUT2D eigenvalue weighted by molar-refractivity contribution is 1.16. The summed E-state index contributed by atoms with van der Waals surface area (Å²) in [5, 5.41) is 34.9. The first-order valence-electron chi connectivity index (χ1n) is 21.2. The third-order valence-corrected chi connectivity index (χ3v) is 12.6. The Morgan fingerprint density at radius 3 is 1.48 bits per heavy atom. The maximum absolute atomic E-state index is 11.2. The number of aromatic nitrogens is 2. The summed E-state index contributed by atoms with van der Waals surface area (Å²) < 4.78 is 4.61. The molecule has 6 heteroatoms. The van der Waals surface area contributed by atoms with Crippen LogP contribution >= 0.6 is 0 Å². The Hall–Kier alpha value is -9.46. The molecule has 0 unspecified atom stereocenters. The van der Waals surface area contributed by atoms with Crippen molar-refractivity contribution >= 4 is 49.3 Å². The molecule has 65 heavy (non-hydrogen) atoms. The first-order valence-corrected chi connectivity index (χ1v) is 21.2. The Balaban J connectivity index is 1.23. The lowest BCUT2D eigenvalue weighted by atomic mass is 9.87. The standard InChI is InChI=1S/C59H34N6/c1-37-31-39(35-61)19-28-46(37)49-12-8-16-57(65-53-14-6-4-11-48(53)51-32-42(24-30-55(51)65)40-20-17-38(34-60)18-21-40)59(49)58-44(36-62)9-7-15-56(58)64-52-13-5-3-10-47(52)50-33-43(25-29-54(50)64)41-22-26-45(63-2)27-23-41/h3-33H,1H3. The molecule has 300 valence electrons. The second kappa shape index (κ2) is 15.5. The summed E-state index contributed by atoms with van der Waals surface area (Å²) in [6, 6.07) is 70.5. The van der Waals surface area contributed by atoms with Gasteiger partial charge in [-0.2, -0.15) is 15.8 Å². The van der Waals surface area contributed by atoms with Crippen LogP contribution in [-0.2, 0) is 0 Å². The molecule has 0 N–H and O–H groups in total. The molecule has 0 fully saturated rings. The van der Waals surface area contributed by atoms with Crippen molar-refractivity contribution in [3.8, 4) is 74.1 Å². The first-order chi connectivity index (χ1) is 32.0. The minimum absolute atomic E-state index is 0.522. The molecule has 2 heterocycles. The molecule has 0 saturated heterocycles. The minimum Gasteiger partial charge on any atom is -0.309 e. The highest BCUT2D eigenvalue weighted by atomic mass is 15.0. The molecule has 11 aromatic rings. The molecular weight excluding hydrogens is 793 g/mol. The Morgan fingerprint density at radius 1 is 0.415 bits per heavy atom. The van der Waals surface area contributed by atoms with Crippen LogP contribution < -0.4 is 0 Å². The predicted octanol–water partition coefficient (Wildman–Crippen LogP) is 15.0. The molecule has 9 aromatic carbocycles. The largest absolute Gasteiger partial charge is 0.309 e. The number of nitriles is 3. The molecule has 11 rings (SSSR count). The van der Waals surface area contributed by atoms with Gasteiger partial charge in [-0.15, -0.1) is 0 Å². The van der Waals surface area contributed by atoms with E-state index in [4.69, 9.17) is 6.57 Å². The van der Waals surface area contributed by atoms with E-state index < -0.39 is 0 Å². The Kier molecular flexibility index (Phi) is 9.15. The van der Waals surface area contributed by atoms with Gasteiger partial charge < -0.3 is 9.13 Å². The van der Waals surface area contributed by atoms with Gasteiger partial charge in [-0.1, -0.05) is 109 Å². The smallest absolute Gasteiger partial charge is 0.187 e. The molecule has 2 aromatic heterocycles. The van der Waals surface area contributed by atoms with Gasteiger partial charge in [0.15, 0.2) is 5.69 Å². The van der Waals surface area contributed by atoms with Crippen molar-refractivity contribution in [2.24, 2.45) is 0 Å². The van der Waals surface area contributed by atoms with Crippen LogP contribution in [-0.4, -0.2) is 9.13 Å². The summed E-state index contributed by atoms with van der Waals surface area (Å²) in [5.41, 5.74) is 16.7. The van der Waals surface area contributed by atoms with Gasteiger partial charge in [0.2, 0.25) is 0 Å². The van der Waals surface area contributed by atoms with Gasteiger partial charge in [-0.25, -0.2) is 4.85 Å². The van der Waals surface area contributed by atoms with E-state index in [2.05, 4.69) is 141 Å². The zero-order valence-corrected chi connectivity index (χ0v) is 35.1. The second-order valence-corrected chi connectivity index (χ2v) is 16.2. The Labute approximate surface area is 375 Å². The quantitative estimate of drug-likeness (QED) is 0.156. The van der Waals surface area contributed by atoms with Crippen molar-refractivity contribution in [2.75, 3.05) is 0 Å². The normalized spacial score (nSPS) is 11.1. The minimum atomic E-state index is 0.522. The monoisotopic (exact) mass is 826 g/mol. The summed E-state index contributed by atoms with van der Waals surface area (Å²) in [5.74, 6) is 0. The summed E-state index contributed by atoms with van der Waals surface area (Å²) in [4.78, 5) is 3.59. The predicted molar refractivity (Wildman–Crippen MR) is 262 cm³/mol. The van der Waals surface area contributed by atoms with Crippen LogP contribution in [0, 0.1) is 47.5 Å². The first kappa shape index (κ1) is 38.5. The van der Waals surface area contributed by atoms with Crippen LogP contribution in [0.25, 0.3) is 104 Å². The average Bonchev–Trinajstić information content (AvgIpc) is 3.88. The topological polar surface area (TPSA) is 85.6 Å². The van der Waals surface area contributed by atoms with E-state index in [1.165, 1.54) is 0 Å². The highest BCUT2D eigenvalue weighted by Crippen LogP contribution is 2.47. The van der Waals surface area contributed by atoms with Gasteiger partial charge >= 0.3 is 0 Å². The zero-order chi connectivity index (χ0) is 44.2. The van der Waals surface area contributed by atoms with Crippen LogP contribution in [0.2, 0.25) is 0 Å². The summed E-state index contributed by atoms with van der Waals surface area (Å²) >= 11 is 0. The molecular formula is C59H34N6. The molecule has 0 spiro atoms. The molecule has 0 bridgehead atoms. The Bertz CT molecular complexity index is 3930. The summed E-state index contributed by atoms with van der Waals surface area (Å²) in [6.07, 6.45) is 0. The number of aryl methyl sites for hydroxylation is 1. The number of benzene rings is 9. The van der Waals surface area contributed by atoms with Crippen molar-refractivity contribution in [1.29, 1.82) is 15.8 Å². The van der Waals surface area contributed by atoms with Crippen LogP contribution in [0.3, 0.4) is 0 Å². The van der Waals surface area contributed by atoms with E-state index >= 15 is 0 Å². The van der Waals surface area contributed by atoms with E-state index in [0.717, 1.165) is 105 Å². The van der Waals surface area contributed by atoms with Crippen LogP contribution in [0.4, 0.5) is 5.69 Å². The number of rotatable bonds is 6. The molecule has 0 atom stereocenters. The lowest BCUT2D eigenvalue weighted by Crippen LogP contribution is -2.05. The fourth-order valence-corrected chi connectivity index (χ4v) is 9.62. The highest BCUT2D eigenvalue weighted by molar-refractivity contribution is 6.13. The maximum Gasteiger partial charge on any atom is 0.187 e. The molecule has 0 radical (unpaired) electrons. The van der Waals surface area contributed by atoms with E-state index in [0.29, 0.717) is 22.4 Å². The van der Waals surface area contributed by atoms with Gasteiger partial charge in [-0.3, -0.25) is 0 Å².